The maximum atomic E-state index is 13.5. The van der Waals surface area contributed by atoms with Gasteiger partial charge in [0.05, 0.1) is 36.2 Å². The molecule has 14 unspecified atom stereocenters. The third kappa shape index (κ3) is 5.00. The van der Waals surface area contributed by atoms with E-state index < -0.39 is 35.5 Å². The summed E-state index contributed by atoms with van der Waals surface area (Å²) >= 11 is 0. The molecule has 1 heterocycles. The van der Waals surface area contributed by atoms with Crippen molar-refractivity contribution in [1.29, 1.82) is 0 Å². The van der Waals surface area contributed by atoms with E-state index in [1.54, 1.807) is 0 Å². The first-order chi connectivity index (χ1) is 20.7. The first-order valence-electron chi connectivity index (χ1n) is 17.0. The summed E-state index contributed by atoms with van der Waals surface area (Å²) in [6.45, 7) is 4.07. The van der Waals surface area contributed by atoms with E-state index in [2.05, 4.69) is 0 Å². The van der Waals surface area contributed by atoms with Crippen LogP contribution in [0.3, 0.4) is 0 Å². The molecule has 6 bridgehead atoms. The standard InChI is InChI=1S/C34H48O9/c1-4-19(32(37)42-34-16-18-10-24(26(34)11-18)33(38)43-34)12-23(31(36)40-8-7-39-3)9-17(2)30(35)41-27-15-22-14-25(27)29-21-6-5-20(13-21)28(22)29/h17-29H,4-16H2,1-3H3. The van der Waals surface area contributed by atoms with Gasteiger partial charge in [-0.3, -0.25) is 19.2 Å². The van der Waals surface area contributed by atoms with Crippen LogP contribution in [0.25, 0.3) is 0 Å². The molecular weight excluding hydrogens is 552 g/mol. The Morgan fingerprint density at radius 3 is 2.44 bits per heavy atom. The minimum Gasteiger partial charge on any atom is -0.463 e. The maximum Gasteiger partial charge on any atom is 0.312 e. The first-order valence-corrected chi connectivity index (χ1v) is 17.0. The molecule has 0 aromatic rings. The molecule has 43 heavy (non-hydrogen) atoms. The normalized spacial score (nSPS) is 42.9. The number of ether oxygens (including phenoxy) is 5. The lowest BCUT2D eigenvalue weighted by molar-refractivity contribution is -0.226. The van der Waals surface area contributed by atoms with Gasteiger partial charge in [-0.25, -0.2) is 0 Å². The van der Waals surface area contributed by atoms with Gasteiger partial charge in [-0.05, 0) is 106 Å². The zero-order valence-electron chi connectivity index (χ0n) is 25.9. The summed E-state index contributed by atoms with van der Waals surface area (Å²) in [4.78, 5) is 52.6. The quantitative estimate of drug-likeness (QED) is 0.129. The number of hydrogen-bond donors (Lipinski definition) is 0. The SMILES string of the molecule is CCC(CC(CC(C)C(=O)OC1CC2CC1C1C3CCC(C3)C21)C(=O)OCCOC)C(=O)OC12CC3CC(C(=O)O1)C2C3. The average Bonchev–Trinajstić information content (AvgIpc) is 3.82. The van der Waals surface area contributed by atoms with Gasteiger partial charge >= 0.3 is 23.9 Å². The van der Waals surface area contributed by atoms with E-state index in [0.29, 0.717) is 30.6 Å². The van der Waals surface area contributed by atoms with Crippen molar-refractivity contribution in [1.82, 2.24) is 0 Å². The summed E-state index contributed by atoms with van der Waals surface area (Å²) in [7, 11) is 1.54. The molecular formula is C34H48O9. The van der Waals surface area contributed by atoms with Gasteiger partial charge in [0.15, 0.2) is 0 Å². The fraction of sp³-hybridized carbons (Fsp3) is 0.882. The molecule has 1 saturated heterocycles. The Bertz CT molecular complexity index is 1140. The van der Waals surface area contributed by atoms with Crippen LogP contribution in [0.2, 0.25) is 0 Å². The molecule has 0 aromatic heterocycles. The molecule has 0 spiro atoms. The number of fused-ring (bicyclic) bond motifs is 10. The van der Waals surface area contributed by atoms with E-state index in [9.17, 15) is 19.2 Å². The zero-order chi connectivity index (χ0) is 30.0. The van der Waals surface area contributed by atoms with E-state index in [1.807, 2.05) is 13.8 Å². The Labute approximate surface area is 254 Å². The van der Waals surface area contributed by atoms with Gasteiger partial charge in [0, 0.05) is 13.5 Å². The maximum absolute atomic E-state index is 13.5. The Morgan fingerprint density at radius 2 is 1.70 bits per heavy atom. The summed E-state index contributed by atoms with van der Waals surface area (Å²) in [5.41, 5.74) is 0. The molecule has 14 atom stereocenters. The van der Waals surface area contributed by atoms with Crippen molar-refractivity contribution < 1.29 is 42.9 Å². The molecule has 238 valence electrons. The second-order valence-electron chi connectivity index (χ2n) is 15.1. The number of rotatable bonds is 13. The highest BCUT2D eigenvalue weighted by Crippen LogP contribution is 2.68. The van der Waals surface area contributed by atoms with Crippen molar-refractivity contribution in [2.24, 2.45) is 71.0 Å². The van der Waals surface area contributed by atoms with Crippen LogP contribution in [0, 0.1) is 71.0 Å². The van der Waals surface area contributed by atoms with Crippen molar-refractivity contribution in [3.05, 3.63) is 0 Å². The molecule has 7 aliphatic rings. The molecule has 0 amide bonds. The Hall–Kier alpha value is -2.16. The van der Waals surface area contributed by atoms with Crippen molar-refractivity contribution >= 4 is 23.9 Å². The van der Waals surface area contributed by atoms with E-state index in [-0.39, 0.29) is 55.9 Å². The van der Waals surface area contributed by atoms with E-state index in [0.717, 1.165) is 42.9 Å². The number of esters is 4. The highest BCUT2D eigenvalue weighted by atomic mass is 16.7. The molecule has 7 rings (SSSR count). The summed E-state index contributed by atoms with van der Waals surface area (Å²) in [5.74, 6) is 0.241. The predicted octanol–water partition coefficient (Wildman–Crippen LogP) is 4.69. The first kappa shape index (κ1) is 29.5. The minimum absolute atomic E-state index is 0.00929. The largest absolute Gasteiger partial charge is 0.463 e. The zero-order valence-corrected chi connectivity index (χ0v) is 25.9. The van der Waals surface area contributed by atoms with Crippen LogP contribution in [-0.4, -0.2) is 56.1 Å². The average molecular weight is 601 g/mol. The molecule has 0 aromatic carbocycles. The van der Waals surface area contributed by atoms with Crippen LogP contribution in [0.1, 0.15) is 84.5 Å². The van der Waals surface area contributed by atoms with Crippen LogP contribution >= 0.6 is 0 Å². The van der Waals surface area contributed by atoms with Crippen molar-refractivity contribution in [2.45, 2.75) is 96.4 Å². The Balaban J connectivity index is 0.983. The summed E-state index contributed by atoms with van der Waals surface area (Å²) in [6, 6.07) is 0. The molecule has 1 aliphatic heterocycles. The number of methoxy groups -OCH3 is 1. The van der Waals surface area contributed by atoms with Crippen molar-refractivity contribution in [2.75, 3.05) is 20.3 Å². The van der Waals surface area contributed by atoms with Crippen LogP contribution in [0.15, 0.2) is 0 Å². The third-order valence-corrected chi connectivity index (χ3v) is 12.9. The smallest absolute Gasteiger partial charge is 0.312 e. The summed E-state index contributed by atoms with van der Waals surface area (Å²) in [6.07, 6.45) is 9.37. The van der Waals surface area contributed by atoms with Crippen LogP contribution in [0.4, 0.5) is 0 Å². The molecule has 0 N–H and O–H groups in total. The Kier molecular flexibility index (Phi) is 7.78. The second kappa shape index (κ2) is 11.3. The number of hydrogen-bond acceptors (Lipinski definition) is 9. The van der Waals surface area contributed by atoms with Crippen LogP contribution in [0.5, 0.6) is 0 Å². The minimum atomic E-state index is -1.15. The molecule has 7 fully saturated rings. The van der Waals surface area contributed by atoms with E-state index in [4.69, 9.17) is 23.7 Å². The van der Waals surface area contributed by atoms with Crippen molar-refractivity contribution in [3.8, 4) is 0 Å². The molecule has 6 saturated carbocycles. The lowest BCUT2D eigenvalue weighted by Gasteiger charge is -2.38. The van der Waals surface area contributed by atoms with Gasteiger partial charge < -0.3 is 23.7 Å². The lowest BCUT2D eigenvalue weighted by atomic mass is 9.70. The molecule has 6 aliphatic carbocycles. The topological polar surface area (TPSA) is 114 Å². The molecule has 9 nitrogen and oxygen atoms in total. The monoisotopic (exact) mass is 600 g/mol. The van der Waals surface area contributed by atoms with Gasteiger partial charge in [-0.2, -0.15) is 0 Å². The van der Waals surface area contributed by atoms with Gasteiger partial charge in [-0.1, -0.05) is 13.8 Å². The highest BCUT2D eigenvalue weighted by molar-refractivity contribution is 5.80. The number of carbonyl (C=O) groups is 4. The molecule has 0 radical (unpaired) electrons. The van der Waals surface area contributed by atoms with Crippen LogP contribution in [-0.2, 0) is 42.9 Å². The predicted molar refractivity (Wildman–Crippen MR) is 152 cm³/mol. The van der Waals surface area contributed by atoms with Gasteiger partial charge in [0.1, 0.15) is 12.7 Å². The van der Waals surface area contributed by atoms with Gasteiger partial charge in [-0.15, -0.1) is 0 Å². The van der Waals surface area contributed by atoms with Crippen LogP contribution < -0.4 is 0 Å². The van der Waals surface area contributed by atoms with E-state index in [1.165, 1.54) is 32.8 Å². The van der Waals surface area contributed by atoms with Crippen molar-refractivity contribution in [3.63, 3.8) is 0 Å². The fourth-order valence-corrected chi connectivity index (χ4v) is 11.2. The third-order valence-electron chi connectivity index (χ3n) is 12.9. The van der Waals surface area contributed by atoms with E-state index >= 15 is 0 Å². The lowest BCUT2D eigenvalue weighted by Crippen LogP contribution is -2.41. The van der Waals surface area contributed by atoms with Gasteiger partial charge in [0.2, 0.25) is 0 Å². The highest BCUT2D eigenvalue weighted by Gasteiger charge is 2.68. The Morgan fingerprint density at radius 1 is 0.907 bits per heavy atom. The number of carbonyl (C=O) groups excluding carboxylic acids is 4. The second-order valence-corrected chi connectivity index (χ2v) is 15.1. The summed E-state index contributed by atoms with van der Waals surface area (Å²) in [5, 5.41) is 0. The molecule has 9 heteroatoms. The van der Waals surface area contributed by atoms with Gasteiger partial charge in [0.25, 0.3) is 5.79 Å². The fourth-order valence-electron chi connectivity index (χ4n) is 11.2. The summed E-state index contributed by atoms with van der Waals surface area (Å²) < 4.78 is 28.4.